The highest BCUT2D eigenvalue weighted by Gasteiger charge is 2.47. The van der Waals surface area contributed by atoms with E-state index in [1.165, 1.54) is 12.8 Å². The molecule has 5 aromatic rings. The number of ether oxygens (including phenoxy) is 1. The van der Waals surface area contributed by atoms with Gasteiger partial charge in [0.1, 0.15) is 28.6 Å². The number of methoxy groups -OCH3 is 1. The molecular weight excluding hydrogens is 590 g/mol. The van der Waals surface area contributed by atoms with Crippen molar-refractivity contribution in [3.8, 4) is 17.3 Å². The molecule has 11 nitrogen and oxygen atoms in total. The summed E-state index contributed by atoms with van der Waals surface area (Å²) in [6.07, 6.45) is 9.30. The Kier molecular flexibility index (Phi) is 6.74. The first-order valence-electron chi connectivity index (χ1n) is 17.1. The lowest BCUT2D eigenvalue weighted by Crippen LogP contribution is -2.41. The molecule has 4 aliphatic rings. The predicted molar refractivity (Wildman–Crippen MR) is 180 cm³/mol. The van der Waals surface area contributed by atoms with Crippen LogP contribution in [0.2, 0.25) is 0 Å². The van der Waals surface area contributed by atoms with Crippen molar-refractivity contribution in [1.82, 2.24) is 34.0 Å². The molecule has 4 aromatic heterocycles. The number of carbonyl (C=O) groups is 1. The normalized spacial score (nSPS) is 23.9. The van der Waals surface area contributed by atoms with Crippen LogP contribution in [0.1, 0.15) is 48.3 Å². The molecule has 0 unspecified atom stereocenters. The summed E-state index contributed by atoms with van der Waals surface area (Å²) in [6.45, 7) is 6.16. The van der Waals surface area contributed by atoms with Crippen molar-refractivity contribution in [1.29, 1.82) is 0 Å². The lowest BCUT2D eigenvalue weighted by molar-refractivity contribution is 0.0700. The Morgan fingerprint density at radius 1 is 0.957 bits per heavy atom. The molecule has 2 N–H and O–H groups in total. The first-order chi connectivity index (χ1) is 22.9. The molecule has 2 aliphatic heterocycles. The quantitative estimate of drug-likeness (QED) is 0.263. The highest BCUT2D eigenvalue weighted by atomic mass is 16.5. The monoisotopic (exact) mass is 631 g/mol. The minimum atomic E-state index is 0.0163. The number of fused-ring (bicyclic) bond motifs is 4. The minimum absolute atomic E-state index is 0.0163. The van der Waals surface area contributed by atoms with E-state index in [0.717, 1.165) is 97.2 Å². The molecule has 11 heteroatoms. The fraction of sp³-hybridized carbons (Fsp3) is 0.472. The van der Waals surface area contributed by atoms with Gasteiger partial charge < -0.3 is 29.4 Å². The van der Waals surface area contributed by atoms with Crippen LogP contribution < -0.4 is 15.4 Å². The van der Waals surface area contributed by atoms with Gasteiger partial charge in [-0.25, -0.2) is 19.9 Å². The van der Waals surface area contributed by atoms with Crippen molar-refractivity contribution >= 4 is 33.8 Å². The topological polar surface area (TPSA) is 120 Å². The number of pyridine rings is 1. The third-order valence-electron chi connectivity index (χ3n) is 11.0. The van der Waals surface area contributed by atoms with Crippen molar-refractivity contribution in [2.75, 3.05) is 31.6 Å². The SMILES string of the molecule is COc1cc(C(=O)N2C[C@H]3CC[C@@H]2[C@@H]3N)cc2nc(-c3cc4cccnc4n3CC3CC3)n(C[C@H]3CCN(c4ccnc(C)n4)C3)c12. The van der Waals surface area contributed by atoms with E-state index in [-0.39, 0.29) is 18.0 Å². The molecule has 0 radical (unpaired) electrons. The average molecular weight is 632 g/mol. The summed E-state index contributed by atoms with van der Waals surface area (Å²) in [5, 5.41) is 1.11. The number of aromatic nitrogens is 6. The van der Waals surface area contributed by atoms with Crippen LogP contribution in [0.15, 0.2) is 48.8 Å². The van der Waals surface area contributed by atoms with Crippen molar-refractivity contribution in [2.45, 2.75) is 64.2 Å². The van der Waals surface area contributed by atoms with Gasteiger partial charge in [-0.2, -0.15) is 0 Å². The number of carbonyl (C=O) groups excluding carboxylic acids is 1. The second kappa shape index (κ2) is 11.0. The molecule has 1 amide bonds. The lowest BCUT2D eigenvalue weighted by Gasteiger charge is -2.27. The Hall–Kier alpha value is -4.51. The molecule has 242 valence electrons. The summed E-state index contributed by atoms with van der Waals surface area (Å²) in [7, 11) is 1.69. The Bertz CT molecular complexity index is 2010. The van der Waals surface area contributed by atoms with Crippen LogP contribution >= 0.6 is 0 Å². The Morgan fingerprint density at radius 2 is 1.83 bits per heavy atom. The number of likely N-dealkylation sites (tertiary alicyclic amines) is 1. The fourth-order valence-electron chi connectivity index (χ4n) is 8.41. The highest BCUT2D eigenvalue weighted by Crippen LogP contribution is 2.41. The molecule has 2 bridgehead atoms. The molecule has 1 aromatic carbocycles. The van der Waals surface area contributed by atoms with Gasteiger partial charge in [0.25, 0.3) is 5.91 Å². The molecular formula is C36H41N9O2. The van der Waals surface area contributed by atoms with E-state index in [9.17, 15) is 4.79 Å². The Morgan fingerprint density at radius 3 is 2.60 bits per heavy atom. The van der Waals surface area contributed by atoms with Crippen LogP contribution in [0.3, 0.4) is 0 Å². The summed E-state index contributed by atoms with van der Waals surface area (Å²) < 4.78 is 10.8. The molecule has 0 spiro atoms. The number of nitrogens with two attached hydrogens (primary N) is 1. The molecule has 9 rings (SSSR count). The number of aryl methyl sites for hydroxylation is 1. The summed E-state index contributed by atoms with van der Waals surface area (Å²) in [5.74, 6) is 4.75. The van der Waals surface area contributed by atoms with Crippen LogP contribution in [0, 0.1) is 24.7 Å². The largest absolute Gasteiger partial charge is 0.494 e. The van der Waals surface area contributed by atoms with Gasteiger partial charge in [-0.15, -0.1) is 0 Å². The summed E-state index contributed by atoms with van der Waals surface area (Å²) in [4.78, 5) is 37.5. The van der Waals surface area contributed by atoms with E-state index >= 15 is 0 Å². The number of anilines is 1. The zero-order chi connectivity index (χ0) is 31.8. The van der Waals surface area contributed by atoms with Crippen LogP contribution in [-0.4, -0.2) is 78.7 Å². The molecule has 2 aliphatic carbocycles. The zero-order valence-corrected chi connectivity index (χ0v) is 27.0. The third-order valence-corrected chi connectivity index (χ3v) is 11.0. The third kappa shape index (κ3) is 4.85. The maximum atomic E-state index is 14.0. The van der Waals surface area contributed by atoms with Crippen LogP contribution in [0.5, 0.6) is 5.75 Å². The first kappa shape index (κ1) is 28.7. The van der Waals surface area contributed by atoms with Gasteiger partial charge in [-0.3, -0.25) is 4.79 Å². The number of hydrogen-bond acceptors (Lipinski definition) is 8. The van der Waals surface area contributed by atoms with Gasteiger partial charge in [-0.05, 0) is 93.2 Å². The van der Waals surface area contributed by atoms with Gasteiger partial charge in [-0.1, -0.05) is 0 Å². The standard InChI is InChI=1S/C36H41N9O2/c1-21-38-12-9-31(40-21)42-13-10-23(17-42)19-45-33-27(14-26(16-30(33)47-2)36(46)44-20-25-7-8-28(44)32(25)37)41-35(45)29-15-24-4-3-11-39-34(24)43(29)18-22-5-6-22/h3-4,9,11-12,14-16,22-23,25,28,32H,5-8,10,13,17-20,37H2,1-2H3/t23-,25+,28+,32+/m0/s1. The zero-order valence-electron chi connectivity index (χ0n) is 27.0. The molecule has 47 heavy (non-hydrogen) atoms. The second-order valence-corrected chi connectivity index (χ2v) is 14.1. The van der Waals surface area contributed by atoms with E-state index in [0.29, 0.717) is 29.1 Å². The van der Waals surface area contributed by atoms with E-state index in [2.05, 4.69) is 31.2 Å². The molecule has 6 heterocycles. The number of amides is 1. The average Bonchev–Trinajstić information content (AvgIpc) is 3.39. The first-order valence-corrected chi connectivity index (χ1v) is 17.1. The lowest BCUT2D eigenvalue weighted by atomic mass is 10.1. The summed E-state index contributed by atoms with van der Waals surface area (Å²) >= 11 is 0. The van der Waals surface area contributed by atoms with Crippen molar-refractivity contribution in [2.24, 2.45) is 23.5 Å². The Labute approximate surface area is 273 Å². The summed E-state index contributed by atoms with van der Waals surface area (Å²) in [6, 6.07) is 12.4. The number of benzene rings is 1. The Balaban J connectivity index is 1.15. The maximum absolute atomic E-state index is 14.0. The smallest absolute Gasteiger partial charge is 0.254 e. The predicted octanol–water partition coefficient (Wildman–Crippen LogP) is 4.66. The molecule has 2 saturated heterocycles. The number of rotatable bonds is 8. The number of imidazole rings is 1. The maximum Gasteiger partial charge on any atom is 0.254 e. The molecule has 4 atom stereocenters. The van der Waals surface area contributed by atoms with Gasteiger partial charge in [0.05, 0.1) is 18.3 Å². The number of nitrogens with zero attached hydrogens (tertiary/aromatic N) is 8. The molecule has 4 fully saturated rings. The highest BCUT2D eigenvalue weighted by molar-refractivity contribution is 6.00. The van der Waals surface area contributed by atoms with E-state index in [1.54, 1.807) is 7.11 Å². The number of hydrogen-bond donors (Lipinski definition) is 1. The van der Waals surface area contributed by atoms with Crippen molar-refractivity contribution in [3.05, 3.63) is 60.2 Å². The van der Waals surface area contributed by atoms with E-state index < -0.39 is 0 Å². The number of piperidine rings is 1. The van der Waals surface area contributed by atoms with Crippen LogP contribution in [0.4, 0.5) is 5.82 Å². The van der Waals surface area contributed by atoms with Gasteiger partial charge in [0.15, 0.2) is 5.82 Å². The fourth-order valence-corrected chi connectivity index (χ4v) is 8.41. The van der Waals surface area contributed by atoms with Gasteiger partial charge in [0, 0.05) is 68.2 Å². The molecule has 2 saturated carbocycles. The van der Waals surface area contributed by atoms with Crippen LogP contribution in [-0.2, 0) is 13.1 Å². The minimum Gasteiger partial charge on any atom is -0.494 e. The van der Waals surface area contributed by atoms with Crippen LogP contribution in [0.25, 0.3) is 33.6 Å². The van der Waals surface area contributed by atoms with Crippen molar-refractivity contribution < 1.29 is 9.53 Å². The summed E-state index contributed by atoms with van der Waals surface area (Å²) in [5.41, 5.74) is 10.8. The van der Waals surface area contributed by atoms with Gasteiger partial charge >= 0.3 is 0 Å². The van der Waals surface area contributed by atoms with E-state index in [4.69, 9.17) is 25.4 Å². The second-order valence-electron chi connectivity index (χ2n) is 14.1. The van der Waals surface area contributed by atoms with Crippen molar-refractivity contribution in [3.63, 3.8) is 0 Å². The van der Waals surface area contributed by atoms with Gasteiger partial charge in [0.2, 0.25) is 0 Å². The van der Waals surface area contributed by atoms with E-state index in [1.807, 2.05) is 48.5 Å².